The summed E-state index contributed by atoms with van der Waals surface area (Å²) >= 11 is 0. The highest BCUT2D eigenvalue weighted by molar-refractivity contribution is 5.99. The molecule has 0 fully saturated rings. The summed E-state index contributed by atoms with van der Waals surface area (Å²) < 4.78 is 2.27. The number of phenols is 1. The third-order valence-electron chi connectivity index (χ3n) is 8.87. The molecule has 0 aliphatic heterocycles. The maximum Gasteiger partial charge on any atom is 0.145 e. The Labute approximate surface area is 267 Å². The standard InChI is InChI=1S/C41H45N3O/c1-25-19-20-42-36-31(25)23-29(40(5,6)7)24-32(36)27-14-11-13-26(21-27)30-15-12-16-34-37(30)43-38(44(34)41(8,9)10)33-22-28(39(2,3)4)17-18-35(33)45/h11-24,45H,1-10H3. The lowest BCUT2D eigenvalue weighted by Gasteiger charge is -2.26. The van der Waals surface area contributed by atoms with E-state index in [0.29, 0.717) is 0 Å². The van der Waals surface area contributed by atoms with Gasteiger partial charge in [0.15, 0.2) is 0 Å². The lowest BCUT2D eigenvalue weighted by Crippen LogP contribution is -2.22. The zero-order valence-corrected chi connectivity index (χ0v) is 28.4. The van der Waals surface area contributed by atoms with Gasteiger partial charge >= 0.3 is 0 Å². The summed E-state index contributed by atoms with van der Waals surface area (Å²) in [6.07, 6.45) is 1.91. The summed E-state index contributed by atoms with van der Waals surface area (Å²) in [6.45, 7) is 22.1. The van der Waals surface area contributed by atoms with Crippen molar-refractivity contribution < 1.29 is 5.11 Å². The average Bonchev–Trinajstić information content (AvgIpc) is 3.36. The topological polar surface area (TPSA) is 50.9 Å². The molecule has 1 N–H and O–H groups in total. The Bertz CT molecular complexity index is 2080. The fourth-order valence-corrected chi connectivity index (χ4v) is 6.27. The zero-order valence-electron chi connectivity index (χ0n) is 28.4. The second-order valence-corrected chi connectivity index (χ2v) is 15.5. The number of benzene rings is 4. The Balaban J connectivity index is 1.59. The first-order chi connectivity index (χ1) is 21.0. The maximum absolute atomic E-state index is 11.1. The van der Waals surface area contributed by atoms with Gasteiger partial charge in [-0.15, -0.1) is 0 Å². The molecule has 0 saturated carbocycles. The SMILES string of the molecule is Cc1ccnc2c(-c3cccc(-c4cccc5c4nc(-c4cc(C(C)(C)C)ccc4O)n5C(C)(C)C)c3)cc(C(C)(C)C)cc12. The molecule has 0 unspecified atom stereocenters. The second kappa shape index (κ2) is 10.6. The first-order valence-corrected chi connectivity index (χ1v) is 15.9. The van der Waals surface area contributed by atoms with Crippen molar-refractivity contribution in [2.24, 2.45) is 0 Å². The minimum Gasteiger partial charge on any atom is -0.507 e. The van der Waals surface area contributed by atoms with Crippen LogP contribution in [0.4, 0.5) is 0 Å². The molecule has 4 aromatic carbocycles. The van der Waals surface area contributed by atoms with Crippen LogP contribution >= 0.6 is 0 Å². The van der Waals surface area contributed by atoms with Crippen LogP contribution in [-0.4, -0.2) is 19.6 Å². The van der Waals surface area contributed by atoms with E-state index in [4.69, 9.17) is 9.97 Å². The normalized spacial score (nSPS) is 12.8. The van der Waals surface area contributed by atoms with Gasteiger partial charge in [-0.05, 0) is 109 Å². The third-order valence-corrected chi connectivity index (χ3v) is 8.87. The van der Waals surface area contributed by atoms with Crippen molar-refractivity contribution in [3.63, 3.8) is 0 Å². The van der Waals surface area contributed by atoms with Gasteiger partial charge < -0.3 is 9.67 Å². The number of aromatic nitrogens is 3. The molecule has 4 nitrogen and oxygen atoms in total. The van der Waals surface area contributed by atoms with Crippen molar-refractivity contribution in [2.45, 2.75) is 85.6 Å². The Hall–Kier alpha value is -4.44. The van der Waals surface area contributed by atoms with Gasteiger partial charge in [-0.25, -0.2) is 4.98 Å². The van der Waals surface area contributed by atoms with Crippen molar-refractivity contribution >= 4 is 21.9 Å². The number of rotatable bonds is 3. The highest BCUT2D eigenvalue weighted by Gasteiger charge is 2.27. The lowest BCUT2D eigenvalue weighted by molar-refractivity contribution is 0.411. The van der Waals surface area contributed by atoms with E-state index in [0.717, 1.165) is 55.8 Å². The highest BCUT2D eigenvalue weighted by atomic mass is 16.3. The molecule has 6 rings (SSSR count). The number of aryl methyl sites for hydroxylation is 1. The average molecular weight is 596 g/mol. The summed E-state index contributed by atoms with van der Waals surface area (Å²) in [5.41, 5.74) is 11.5. The van der Waals surface area contributed by atoms with Crippen molar-refractivity contribution in [2.75, 3.05) is 0 Å². The van der Waals surface area contributed by atoms with Crippen LogP contribution < -0.4 is 0 Å². The van der Waals surface area contributed by atoms with Crippen LogP contribution in [0.3, 0.4) is 0 Å². The molecule has 0 radical (unpaired) electrons. The molecule has 0 bridgehead atoms. The van der Waals surface area contributed by atoms with Gasteiger partial charge in [0, 0.05) is 28.2 Å². The van der Waals surface area contributed by atoms with Crippen LogP contribution in [0.15, 0.2) is 85.1 Å². The lowest BCUT2D eigenvalue weighted by atomic mass is 9.83. The van der Waals surface area contributed by atoms with E-state index in [1.165, 1.54) is 16.5 Å². The largest absolute Gasteiger partial charge is 0.507 e. The molecule has 230 valence electrons. The summed E-state index contributed by atoms with van der Waals surface area (Å²) in [5, 5.41) is 12.3. The van der Waals surface area contributed by atoms with E-state index < -0.39 is 0 Å². The van der Waals surface area contributed by atoms with E-state index in [9.17, 15) is 5.11 Å². The molecular formula is C41H45N3O. The van der Waals surface area contributed by atoms with Crippen molar-refractivity contribution in [1.29, 1.82) is 0 Å². The molecule has 0 atom stereocenters. The predicted octanol–water partition coefficient (Wildman–Crippen LogP) is 10.9. The van der Waals surface area contributed by atoms with Crippen LogP contribution in [0, 0.1) is 6.92 Å². The summed E-state index contributed by atoms with van der Waals surface area (Å²) in [6, 6.07) is 27.8. The number of pyridine rings is 1. The Morgan fingerprint density at radius 2 is 1.27 bits per heavy atom. The molecule has 6 aromatic rings. The van der Waals surface area contributed by atoms with Crippen molar-refractivity contribution in [3.05, 3.63) is 102 Å². The smallest absolute Gasteiger partial charge is 0.145 e. The molecule has 2 aromatic heterocycles. The number of imidazole rings is 1. The molecule has 4 heteroatoms. The molecule has 0 amide bonds. The van der Waals surface area contributed by atoms with E-state index >= 15 is 0 Å². The third kappa shape index (κ3) is 5.52. The van der Waals surface area contributed by atoms with E-state index in [2.05, 4.69) is 141 Å². The minimum atomic E-state index is -0.273. The van der Waals surface area contributed by atoms with Crippen molar-refractivity contribution in [1.82, 2.24) is 14.5 Å². The fourth-order valence-electron chi connectivity index (χ4n) is 6.27. The second-order valence-electron chi connectivity index (χ2n) is 15.5. The number of hydrogen-bond acceptors (Lipinski definition) is 3. The fraction of sp³-hybridized carbons (Fsp3) is 0.317. The maximum atomic E-state index is 11.1. The Morgan fingerprint density at radius 3 is 1.93 bits per heavy atom. The molecule has 0 aliphatic rings. The molecule has 0 saturated heterocycles. The van der Waals surface area contributed by atoms with Crippen LogP contribution in [0.1, 0.15) is 79.0 Å². The van der Waals surface area contributed by atoms with Crippen LogP contribution in [0.25, 0.3) is 55.6 Å². The van der Waals surface area contributed by atoms with E-state index in [-0.39, 0.29) is 22.1 Å². The molecule has 0 spiro atoms. The quantitative estimate of drug-likeness (QED) is 0.221. The summed E-state index contributed by atoms with van der Waals surface area (Å²) in [7, 11) is 0. The number of phenolic OH excluding ortho intramolecular Hbond substituents is 1. The van der Waals surface area contributed by atoms with E-state index in [1.54, 1.807) is 6.07 Å². The predicted molar refractivity (Wildman–Crippen MR) is 190 cm³/mol. The zero-order chi connectivity index (χ0) is 32.5. The van der Waals surface area contributed by atoms with Crippen LogP contribution in [-0.2, 0) is 16.4 Å². The summed E-state index contributed by atoms with van der Waals surface area (Å²) in [4.78, 5) is 10.2. The summed E-state index contributed by atoms with van der Waals surface area (Å²) in [5.74, 6) is 1.01. The number of nitrogens with zero attached hydrogens (tertiary/aromatic N) is 3. The van der Waals surface area contributed by atoms with E-state index in [1.807, 2.05) is 12.3 Å². The number of para-hydroxylation sites is 1. The monoisotopic (exact) mass is 595 g/mol. The van der Waals surface area contributed by atoms with Crippen LogP contribution in [0.2, 0.25) is 0 Å². The van der Waals surface area contributed by atoms with Gasteiger partial charge in [0.1, 0.15) is 11.6 Å². The van der Waals surface area contributed by atoms with Gasteiger partial charge in [-0.3, -0.25) is 4.98 Å². The minimum absolute atomic E-state index is 0.000464. The number of aromatic hydroxyl groups is 1. The van der Waals surface area contributed by atoms with Crippen LogP contribution in [0.5, 0.6) is 5.75 Å². The van der Waals surface area contributed by atoms with Gasteiger partial charge in [0.05, 0.1) is 22.1 Å². The van der Waals surface area contributed by atoms with Gasteiger partial charge in [-0.2, -0.15) is 0 Å². The number of hydrogen-bond donors (Lipinski definition) is 1. The molecular weight excluding hydrogens is 550 g/mol. The Kier molecular flexibility index (Phi) is 7.19. The Morgan fingerprint density at radius 1 is 0.622 bits per heavy atom. The first kappa shape index (κ1) is 30.6. The first-order valence-electron chi connectivity index (χ1n) is 15.9. The van der Waals surface area contributed by atoms with Gasteiger partial charge in [0.25, 0.3) is 0 Å². The molecule has 45 heavy (non-hydrogen) atoms. The van der Waals surface area contributed by atoms with Gasteiger partial charge in [0.2, 0.25) is 0 Å². The molecule has 2 heterocycles. The highest BCUT2D eigenvalue weighted by Crippen LogP contribution is 2.41. The molecule has 0 aliphatic carbocycles. The van der Waals surface area contributed by atoms with Gasteiger partial charge in [-0.1, -0.05) is 77.9 Å². The van der Waals surface area contributed by atoms with Crippen molar-refractivity contribution in [3.8, 4) is 39.4 Å². The number of fused-ring (bicyclic) bond motifs is 2.